The normalized spacial score (nSPS) is 31.8. The third kappa shape index (κ3) is 1.75. The van der Waals surface area contributed by atoms with Gasteiger partial charge in [0.25, 0.3) is 17.7 Å². The highest BCUT2D eigenvalue weighted by atomic mass is 16.2. The van der Waals surface area contributed by atoms with Gasteiger partial charge >= 0.3 is 0 Å². The molecule has 5 nitrogen and oxygen atoms in total. The van der Waals surface area contributed by atoms with Crippen LogP contribution in [-0.2, 0) is 9.59 Å². The minimum atomic E-state index is -0.429. The van der Waals surface area contributed by atoms with Gasteiger partial charge in [-0.1, -0.05) is 29.8 Å². The van der Waals surface area contributed by atoms with Crippen molar-refractivity contribution >= 4 is 17.7 Å². The van der Waals surface area contributed by atoms with Gasteiger partial charge in [-0.2, -0.15) is 5.01 Å². The number of nitrogens with one attached hydrogen (secondary N) is 1. The summed E-state index contributed by atoms with van der Waals surface area (Å²) < 4.78 is 0. The van der Waals surface area contributed by atoms with Crippen LogP contribution in [-0.4, -0.2) is 22.7 Å². The average molecular weight is 296 g/mol. The number of hydrogen-bond acceptors (Lipinski definition) is 3. The minimum Gasteiger partial charge on any atom is -0.272 e. The number of rotatable bonds is 2. The molecule has 1 heterocycles. The summed E-state index contributed by atoms with van der Waals surface area (Å²) in [5, 5.41) is 0.934. The predicted molar refractivity (Wildman–Crippen MR) is 78.2 cm³/mol. The van der Waals surface area contributed by atoms with E-state index in [1.165, 1.54) is 0 Å². The predicted octanol–water partition coefficient (Wildman–Crippen LogP) is 1.45. The Balaban J connectivity index is 1.54. The van der Waals surface area contributed by atoms with Crippen molar-refractivity contribution in [1.29, 1.82) is 0 Å². The number of allylic oxidation sites excluding steroid dienone is 2. The van der Waals surface area contributed by atoms with E-state index in [-0.39, 0.29) is 35.5 Å². The van der Waals surface area contributed by atoms with Crippen molar-refractivity contribution in [2.45, 2.75) is 13.3 Å². The molecule has 4 rings (SSSR count). The van der Waals surface area contributed by atoms with E-state index in [0.29, 0.717) is 5.56 Å². The first-order valence-corrected chi connectivity index (χ1v) is 7.50. The first-order valence-electron chi connectivity index (χ1n) is 7.50. The van der Waals surface area contributed by atoms with Crippen LogP contribution in [0.3, 0.4) is 0 Å². The van der Waals surface area contributed by atoms with Gasteiger partial charge in [0.05, 0.1) is 11.8 Å². The molecule has 1 saturated heterocycles. The number of carbonyl (C=O) groups is 3. The molecule has 2 bridgehead atoms. The van der Waals surface area contributed by atoms with Crippen molar-refractivity contribution in [3.05, 3.63) is 47.5 Å². The summed E-state index contributed by atoms with van der Waals surface area (Å²) in [5.41, 5.74) is 3.96. The number of benzene rings is 1. The topological polar surface area (TPSA) is 66.5 Å². The second-order valence-electron chi connectivity index (χ2n) is 6.32. The molecule has 0 radical (unpaired) electrons. The summed E-state index contributed by atoms with van der Waals surface area (Å²) in [6.07, 6.45) is 4.94. The van der Waals surface area contributed by atoms with Gasteiger partial charge in [-0.15, -0.1) is 0 Å². The Morgan fingerprint density at radius 1 is 1.05 bits per heavy atom. The number of carbonyl (C=O) groups excluding carboxylic acids is 3. The number of nitrogens with zero attached hydrogens (tertiary/aromatic N) is 1. The van der Waals surface area contributed by atoms with Crippen LogP contribution in [0.4, 0.5) is 0 Å². The highest BCUT2D eigenvalue weighted by Crippen LogP contribution is 2.52. The summed E-state index contributed by atoms with van der Waals surface area (Å²) in [4.78, 5) is 37.2. The monoisotopic (exact) mass is 296 g/mol. The largest absolute Gasteiger partial charge is 0.272 e. The van der Waals surface area contributed by atoms with Gasteiger partial charge in [0.2, 0.25) is 0 Å². The van der Waals surface area contributed by atoms with Gasteiger partial charge in [0.15, 0.2) is 0 Å². The van der Waals surface area contributed by atoms with E-state index >= 15 is 0 Å². The zero-order valence-corrected chi connectivity index (χ0v) is 12.2. The number of aryl methyl sites for hydroxylation is 1. The maximum atomic E-state index is 12.5. The molecule has 22 heavy (non-hydrogen) atoms. The summed E-state index contributed by atoms with van der Waals surface area (Å²) in [6, 6.07) is 7.01. The third-order valence-corrected chi connectivity index (χ3v) is 5.00. The molecule has 3 aliphatic rings. The summed E-state index contributed by atoms with van der Waals surface area (Å²) in [5.74, 6) is -1.26. The number of hydrazine groups is 1. The molecule has 0 unspecified atom stereocenters. The minimum absolute atomic E-state index is 0.146. The Labute approximate surface area is 128 Å². The molecule has 2 aliphatic carbocycles. The molecular formula is C17H16N2O3. The standard InChI is InChI=1S/C17H16N2O3/c1-9-2-4-10(5-3-9)15(20)18-19-16(21)13-11-6-7-12(8-11)14(13)17(19)22/h2-7,11-14H,8H2,1H3,(H,18,20)/t11-,12-,13+,14+/m0/s1. The highest BCUT2D eigenvalue weighted by Gasteiger charge is 2.59. The second kappa shape index (κ2) is 4.53. The molecule has 0 spiro atoms. The molecule has 2 fully saturated rings. The molecule has 0 aromatic heterocycles. The van der Waals surface area contributed by atoms with Crippen molar-refractivity contribution in [3.8, 4) is 0 Å². The SMILES string of the molecule is Cc1ccc(C(=O)NN2C(=O)[C@H]3[C@H](C2=O)[C@H]2C=C[C@H]3C2)cc1. The van der Waals surface area contributed by atoms with Gasteiger partial charge in [-0.05, 0) is 37.3 Å². The maximum Gasteiger partial charge on any atom is 0.270 e. The van der Waals surface area contributed by atoms with Crippen LogP contribution < -0.4 is 5.43 Å². The van der Waals surface area contributed by atoms with E-state index < -0.39 is 5.91 Å². The fourth-order valence-corrected chi connectivity index (χ4v) is 3.88. The lowest BCUT2D eigenvalue weighted by atomic mass is 9.85. The van der Waals surface area contributed by atoms with Gasteiger partial charge in [0, 0.05) is 5.56 Å². The zero-order chi connectivity index (χ0) is 15.4. The van der Waals surface area contributed by atoms with Crippen molar-refractivity contribution in [2.24, 2.45) is 23.7 Å². The lowest BCUT2D eigenvalue weighted by Crippen LogP contribution is -2.47. The van der Waals surface area contributed by atoms with Crippen LogP contribution in [0.1, 0.15) is 22.3 Å². The van der Waals surface area contributed by atoms with E-state index in [2.05, 4.69) is 5.43 Å². The first kappa shape index (κ1) is 13.2. The van der Waals surface area contributed by atoms with Crippen molar-refractivity contribution in [1.82, 2.24) is 10.4 Å². The van der Waals surface area contributed by atoms with Crippen LogP contribution in [0.2, 0.25) is 0 Å². The fourth-order valence-electron chi connectivity index (χ4n) is 3.88. The number of amides is 3. The van der Waals surface area contributed by atoms with E-state index in [1.54, 1.807) is 12.1 Å². The van der Waals surface area contributed by atoms with Gasteiger partial charge in [-0.25, -0.2) is 0 Å². The molecule has 1 aromatic rings. The molecule has 112 valence electrons. The van der Waals surface area contributed by atoms with Gasteiger partial charge in [0.1, 0.15) is 0 Å². The molecule has 5 heteroatoms. The van der Waals surface area contributed by atoms with Gasteiger partial charge in [-0.3, -0.25) is 19.8 Å². The molecule has 4 atom stereocenters. The van der Waals surface area contributed by atoms with Crippen LogP contribution in [0, 0.1) is 30.6 Å². The second-order valence-corrected chi connectivity index (χ2v) is 6.32. The third-order valence-electron chi connectivity index (χ3n) is 5.00. The Morgan fingerprint density at radius 2 is 1.59 bits per heavy atom. The lowest BCUT2D eigenvalue weighted by molar-refractivity contribution is -0.143. The van der Waals surface area contributed by atoms with Gasteiger partial charge < -0.3 is 0 Å². The van der Waals surface area contributed by atoms with E-state index in [1.807, 2.05) is 31.2 Å². The molecule has 3 amide bonds. The summed E-state index contributed by atoms with van der Waals surface area (Å²) in [7, 11) is 0. The molecule has 1 N–H and O–H groups in total. The van der Waals surface area contributed by atoms with Crippen LogP contribution >= 0.6 is 0 Å². The number of fused-ring (bicyclic) bond motifs is 5. The molecule has 1 saturated carbocycles. The lowest BCUT2D eigenvalue weighted by Gasteiger charge is -2.18. The fraction of sp³-hybridized carbons (Fsp3) is 0.353. The van der Waals surface area contributed by atoms with E-state index in [9.17, 15) is 14.4 Å². The van der Waals surface area contributed by atoms with Crippen LogP contribution in [0.5, 0.6) is 0 Å². The van der Waals surface area contributed by atoms with E-state index in [0.717, 1.165) is 17.0 Å². The number of hydrogen-bond donors (Lipinski definition) is 1. The van der Waals surface area contributed by atoms with Crippen molar-refractivity contribution in [3.63, 3.8) is 0 Å². The quantitative estimate of drug-likeness (QED) is 0.663. The Hall–Kier alpha value is -2.43. The van der Waals surface area contributed by atoms with E-state index in [4.69, 9.17) is 0 Å². The smallest absolute Gasteiger partial charge is 0.270 e. The maximum absolute atomic E-state index is 12.5. The molecule has 1 aromatic carbocycles. The Kier molecular flexibility index (Phi) is 2.73. The van der Waals surface area contributed by atoms with Crippen molar-refractivity contribution < 1.29 is 14.4 Å². The summed E-state index contributed by atoms with van der Waals surface area (Å²) >= 11 is 0. The highest BCUT2D eigenvalue weighted by molar-refractivity contribution is 6.08. The molecule has 1 aliphatic heterocycles. The Morgan fingerprint density at radius 3 is 2.14 bits per heavy atom. The zero-order valence-electron chi connectivity index (χ0n) is 12.2. The average Bonchev–Trinajstić information content (AvgIpc) is 3.17. The molecular weight excluding hydrogens is 280 g/mol. The first-order chi connectivity index (χ1) is 10.6. The van der Waals surface area contributed by atoms with Crippen LogP contribution in [0.15, 0.2) is 36.4 Å². The summed E-state index contributed by atoms with van der Waals surface area (Å²) in [6.45, 7) is 1.93. The Bertz CT molecular complexity index is 677. The van der Waals surface area contributed by atoms with Crippen molar-refractivity contribution in [2.75, 3.05) is 0 Å². The van der Waals surface area contributed by atoms with Crippen LogP contribution in [0.25, 0.3) is 0 Å². The number of imide groups is 1.